The molecule has 4 rings (SSSR count). The van der Waals surface area contributed by atoms with Crippen molar-refractivity contribution >= 4 is 33.9 Å². The number of hydrogen-bond acceptors (Lipinski definition) is 7. The van der Waals surface area contributed by atoms with Crippen molar-refractivity contribution in [2.24, 2.45) is 5.92 Å². The first kappa shape index (κ1) is 24.7. The summed E-state index contributed by atoms with van der Waals surface area (Å²) in [5.41, 5.74) is 2.09. The number of ketones is 2. The van der Waals surface area contributed by atoms with E-state index in [0.29, 0.717) is 22.0 Å². The van der Waals surface area contributed by atoms with Gasteiger partial charge in [-0.15, -0.1) is 10.2 Å². The van der Waals surface area contributed by atoms with Crippen LogP contribution in [0.15, 0.2) is 48.5 Å². The fourth-order valence-corrected chi connectivity index (χ4v) is 5.03. The molecular weight excluding hydrogens is 462 g/mol. The van der Waals surface area contributed by atoms with Gasteiger partial charge in [0.05, 0.1) is 13.2 Å². The molecular formula is C27H29N3O4S. The lowest BCUT2D eigenvalue weighted by atomic mass is 9.83. The summed E-state index contributed by atoms with van der Waals surface area (Å²) >= 11 is 1.27. The summed E-state index contributed by atoms with van der Waals surface area (Å²) < 4.78 is 5.18. The molecule has 1 aliphatic heterocycles. The van der Waals surface area contributed by atoms with E-state index in [2.05, 4.69) is 31.0 Å². The van der Waals surface area contributed by atoms with Crippen molar-refractivity contribution in [2.75, 3.05) is 12.0 Å². The van der Waals surface area contributed by atoms with Gasteiger partial charge < -0.3 is 4.74 Å². The quantitative estimate of drug-likeness (QED) is 0.270. The van der Waals surface area contributed by atoms with Crippen LogP contribution in [0.3, 0.4) is 0 Å². The molecule has 0 spiro atoms. The molecule has 3 aromatic rings. The number of nitrogens with zero attached hydrogens (tertiary/aromatic N) is 3. The second kappa shape index (κ2) is 9.34. The van der Waals surface area contributed by atoms with E-state index in [9.17, 15) is 14.4 Å². The van der Waals surface area contributed by atoms with Gasteiger partial charge in [-0.25, -0.2) is 0 Å². The Labute approximate surface area is 209 Å². The van der Waals surface area contributed by atoms with Crippen LogP contribution in [-0.4, -0.2) is 34.8 Å². The predicted molar refractivity (Wildman–Crippen MR) is 135 cm³/mol. The number of ether oxygens (including phenoxy) is 1. The Kier molecular flexibility index (Phi) is 6.60. The maximum Gasteiger partial charge on any atom is 0.297 e. The highest BCUT2D eigenvalue weighted by molar-refractivity contribution is 7.15. The normalized spacial score (nSPS) is 18.4. The lowest BCUT2D eigenvalue weighted by Gasteiger charge is -2.26. The second-order valence-corrected chi connectivity index (χ2v) is 11.0. The number of amides is 1. The number of carbonyl (C=O) groups is 3. The third-order valence-corrected chi connectivity index (χ3v) is 7.43. The van der Waals surface area contributed by atoms with Gasteiger partial charge in [0.15, 0.2) is 5.78 Å². The summed E-state index contributed by atoms with van der Waals surface area (Å²) in [6.07, 6.45) is 0. The number of methoxy groups -OCH3 is 1. The lowest BCUT2D eigenvalue weighted by Crippen LogP contribution is -2.30. The molecule has 35 heavy (non-hydrogen) atoms. The summed E-state index contributed by atoms with van der Waals surface area (Å²) in [4.78, 5) is 41.6. The maximum absolute atomic E-state index is 13.6. The van der Waals surface area contributed by atoms with Gasteiger partial charge in [-0.05, 0) is 40.8 Å². The fourth-order valence-electron chi connectivity index (χ4n) is 4.15. The molecule has 1 amide bonds. The van der Waals surface area contributed by atoms with Gasteiger partial charge in [0.25, 0.3) is 5.91 Å². The molecule has 7 nitrogen and oxygen atoms in total. The van der Waals surface area contributed by atoms with Crippen LogP contribution in [0.5, 0.6) is 5.75 Å². The summed E-state index contributed by atoms with van der Waals surface area (Å²) in [7, 11) is 1.54. The molecule has 1 fully saturated rings. The van der Waals surface area contributed by atoms with E-state index in [-0.39, 0.29) is 11.3 Å². The minimum absolute atomic E-state index is 0.0662. The first-order valence-corrected chi connectivity index (χ1v) is 12.3. The van der Waals surface area contributed by atoms with E-state index in [1.165, 1.54) is 16.2 Å². The van der Waals surface area contributed by atoms with Crippen molar-refractivity contribution in [2.45, 2.75) is 52.0 Å². The van der Waals surface area contributed by atoms with Crippen LogP contribution < -0.4 is 9.64 Å². The molecule has 0 bridgehead atoms. The number of anilines is 1. The Morgan fingerprint density at radius 1 is 1.00 bits per heavy atom. The van der Waals surface area contributed by atoms with Crippen LogP contribution >= 0.6 is 11.3 Å². The highest BCUT2D eigenvalue weighted by Crippen LogP contribution is 2.43. The third-order valence-electron chi connectivity index (χ3n) is 6.21. The summed E-state index contributed by atoms with van der Waals surface area (Å²) in [5.74, 6) is -2.36. The molecule has 2 atom stereocenters. The van der Waals surface area contributed by atoms with Crippen LogP contribution in [0, 0.1) is 5.92 Å². The van der Waals surface area contributed by atoms with Crippen molar-refractivity contribution in [1.29, 1.82) is 0 Å². The first-order chi connectivity index (χ1) is 16.5. The van der Waals surface area contributed by atoms with Gasteiger partial charge in [-0.2, -0.15) is 0 Å². The predicted octanol–water partition coefficient (Wildman–Crippen LogP) is 5.12. The topological polar surface area (TPSA) is 89.5 Å². The zero-order valence-electron chi connectivity index (χ0n) is 20.7. The molecule has 2 unspecified atom stereocenters. The van der Waals surface area contributed by atoms with Gasteiger partial charge in [0.1, 0.15) is 16.7 Å². The van der Waals surface area contributed by atoms with Crippen molar-refractivity contribution in [3.05, 3.63) is 70.2 Å². The number of carbonyl (C=O) groups excluding carboxylic acids is 3. The minimum atomic E-state index is -1.19. The standard InChI is InChI=1S/C27H29N3O4S/c1-15(2)24-28-29-26(35-24)30-21(16-7-11-18(12-8-16)27(3,4)5)20(23(32)25(30)33)22(31)17-9-13-19(34-6)14-10-17/h7-15,20-21H,1-6H3. The molecule has 1 aromatic heterocycles. The summed E-state index contributed by atoms with van der Waals surface area (Å²) in [6, 6.07) is 13.5. The van der Waals surface area contributed by atoms with Crippen LogP contribution in [0.1, 0.15) is 73.1 Å². The Bertz CT molecular complexity index is 1260. The van der Waals surface area contributed by atoms with Crippen LogP contribution in [0.2, 0.25) is 0 Å². The monoisotopic (exact) mass is 491 g/mol. The fraction of sp³-hybridized carbons (Fsp3) is 0.370. The minimum Gasteiger partial charge on any atom is -0.497 e. The Morgan fingerprint density at radius 2 is 1.63 bits per heavy atom. The van der Waals surface area contributed by atoms with Crippen LogP contribution in [0.25, 0.3) is 0 Å². The Balaban J connectivity index is 1.82. The smallest absolute Gasteiger partial charge is 0.297 e. The van der Waals surface area contributed by atoms with Crippen LogP contribution in [-0.2, 0) is 15.0 Å². The SMILES string of the molecule is COc1ccc(C(=O)C2C(=O)C(=O)N(c3nnc(C(C)C)s3)C2c2ccc(C(C)(C)C)cc2)cc1. The molecule has 2 heterocycles. The number of aromatic nitrogens is 2. The number of rotatable bonds is 6. The molecule has 0 saturated carbocycles. The van der Waals surface area contributed by atoms with Gasteiger partial charge in [0, 0.05) is 11.5 Å². The van der Waals surface area contributed by atoms with E-state index in [1.54, 1.807) is 31.4 Å². The van der Waals surface area contributed by atoms with Crippen molar-refractivity contribution in [3.8, 4) is 5.75 Å². The van der Waals surface area contributed by atoms with Crippen molar-refractivity contribution in [1.82, 2.24) is 10.2 Å². The van der Waals surface area contributed by atoms with Gasteiger partial charge in [-0.3, -0.25) is 19.3 Å². The van der Waals surface area contributed by atoms with Crippen molar-refractivity contribution in [3.63, 3.8) is 0 Å². The van der Waals surface area contributed by atoms with Gasteiger partial charge in [0.2, 0.25) is 10.9 Å². The van der Waals surface area contributed by atoms with E-state index in [1.807, 2.05) is 38.1 Å². The number of benzene rings is 2. The average Bonchev–Trinajstić information content (AvgIpc) is 3.41. The molecule has 0 aliphatic carbocycles. The molecule has 0 radical (unpaired) electrons. The zero-order valence-corrected chi connectivity index (χ0v) is 21.6. The molecule has 2 aromatic carbocycles. The van der Waals surface area contributed by atoms with E-state index in [0.717, 1.165) is 10.6 Å². The Hall–Kier alpha value is -3.39. The summed E-state index contributed by atoms with van der Waals surface area (Å²) in [5, 5.41) is 9.50. The molecule has 8 heteroatoms. The number of hydrogen-bond donors (Lipinski definition) is 0. The highest BCUT2D eigenvalue weighted by atomic mass is 32.1. The van der Waals surface area contributed by atoms with E-state index in [4.69, 9.17) is 4.74 Å². The highest BCUT2D eigenvalue weighted by Gasteiger charge is 2.53. The average molecular weight is 492 g/mol. The molecule has 182 valence electrons. The van der Waals surface area contributed by atoms with Crippen molar-refractivity contribution < 1.29 is 19.1 Å². The second-order valence-electron chi connectivity index (χ2n) is 10.0. The number of Topliss-reactive ketones (excluding diaryl/α,β-unsaturated/α-hetero) is 2. The Morgan fingerprint density at radius 3 is 2.14 bits per heavy atom. The maximum atomic E-state index is 13.6. The zero-order chi connectivity index (χ0) is 25.5. The first-order valence-electron chi connectivity index (χ1n) is 11.5. The molecule has 1 saturated heterocycles. The van der Waals surface area contributed by atoms with Gasteiger partial charge in [-0.1, -0.05) is 70.2 Å². The third kappa shape index (κ3) is 4.62. The largest absolute Gasteiger partial charge is 0.497 e. The van der Waals surface area contributed by atoms with Gasteiger partial charge >= 0.3 is 0 Å². The van der Waals surface area contributed by atoms with Crippen LogP contribution in [0.4, 0.5) is 5.13 Å². The van der Waals surface area contributed by atoms with E-state index < -0.39 is 29.4 Å². The molecule has 0 N–H and O–H groups in total. The lowest BCUT2D eigenvalue weighted by molar-refractivity contribution is -0.135. The van der Waals surface area contributed by atoms with E-state index >= 15 is 0 Å². The summed E-state index contributed by atoms with van der Waals surface area (Å²) in [6.45, 7) is 10.3. The molecule has 1 aliphatic rings.